The Balaban J connectivity index is 1.54. The Morgan fingerprint density at radius 3 is 2.36 bits per heavy atom. The summed E-state index contributed by atoms with van der Waals surface area (Å²) in [7, 11) is 0. The lowest BCUT2D eigenvalue weighted by atomic mass is 10.0. The molecule has 1 amide bonds. The van der Waals surface area contributed by atoms with E-state index >= 15 is 0 Å². The van der Waals surface area contributed by atoms with E-state index in [1.54, 1.807) is 0 Å². The average molecular weight is 376 g/mol. The summed E-state index contributed by atoms with van der Waals surface area (Å²) >= 11 is 0. The third-order valence-corrected chi connectivity index (χ3v) is 5.02. The number of ether oxygens (including phenoxy) is 1. The second-order valence-corrected chi connectivity index (χ2v) is 7.46. The van der Waals surface area contributed by atoms with Crippen LogP contribution in [0, 0.1) is 0 Å². The summed E-state index contributed by atoms with van der Waals surface area (Å²) in [6.07, 6.45) is 0.961. The van der Waals surface area contributed by atoms with Gasteiger partial charge in [0.2, 0.25) is 0 Å². The molecule has 0 aliphatic rings. The number of amides is 1. The van der Waals surface area contributed by atoms with Crippen molar-refractivity contribution in [2.45, 2.75) is 45.6 Å². The van der Waals surface area contributed by atoms with Gasteiger partial charge in [0.15, 0.2) is 6.10 Å². The molecule has 0 unspecified atom stereocenters. The number of fused-ring (bicyclic) bond motifs is 1. The number of carbonyl (C=O) groups excluding carboxylic acids is 1. The fraction of sp³-hybridized carbons (Fsp3) is 0.320. The molecule has 0 spiro atoms. The van der Waals surface area contributed by atoms with Crippen LogP contribution in [0.3, 0.4) is 0 Å². The van der Waals surface area contributed by atoms with Gasteiger partial charge in [-0.25, -0.2) is 0 Å². The van der Waals surface area contributed by atoms with E-state index in [2.05, 4.69) is 49.5 Å². The molecule has 0 fully saturated rings. The molecule has 0 aromatic heterocycles. The van der Waals surface area contributed by atoms with Crippen molar-refractivity contribution in [2.24, 2.45) is 0 Å². The van der Waals surface area contributed by atoms with E-state index in [1.165, 1.54) is 11.1 Å². The maximum absolute atomic E-state index is 12.5. The zero-order valence-electron chi connectivity index (χ0n) is 16.9. The molecule has 146 valence electrons. The third-order valence-electron chi connectivity index (χ3n) is 5.02. The lowest BCUT2D eigenvalue weighted by molar-refractivity contribution is -0.128. The predicted octanol–water partition coefficient (Wildman–Crippen LogP) is 5.48. The van der Waals surface area contributed by atoms with Crippen molar-refractivity contribution in [2.75, 3.05) is 6.54 Å². The first kappa shape index (κ1) is 19.9. The molecule has 3 aromatic rings. The van der Waals surface area contributed by atoms with Crippen molar-refractivity contribution >= 4 is 16.7 Å². The van der Waals surface area contributed by atoms with E-state index in [-0.39, 0.29) is 5.91 Å². The van der Waals surface area contributed by atoms with Gasteiger partial charge in [-0.1, -0.05) is 75.4 Å². The summed E-state index contributed by atoms with van der Waals surface area (Å²) < 4.78 is 5.97. The molecule has 0 heterocycles. The van der Waals surface area contributed by atoms with Gasteiger partial charge in [-0.15, -0.1) is 0 Å². The molecule has 3 heteroatoms. The van der Waals surface area contributed by atoms with Gasteiger partial charge in [-0.3, -0.25) is 4.79 Å². The SMILES string of the molecule is CC[C@H](Oc1ccc2ccccc2c1)C(=O)NCCc1ccc(C(C)C)cc1. The minimum Gasteiger partial charge on any atom is -0.481 e. The standard InChI is InChI=1S/C25H29NO2/c1-4-24(28-23-14-13-21-7-5-6-8-22(21)17-23)25(27)26-16-15-19-9-11-20(12-10-19)18(2)3/h5-14,17-18,24H,4,15-16H2,1-3H3,(H,26,27)/t24-/m0/s1. The fourth-order valence-electron chi connectivity index (χ4n) is 3.24. The lowest BCUT2D eigenvalue weighted by Crippen LogP contribution is -2.38. The Labute approximate surface area is 167 Å². The molecule has 28 heavy (non-hydrogen) atoms. The molecule has 0 saturated heterocycles. The highest BCUT2D eigenvalue weighted by atomic mass is 16.5. The van der Waals surface area contributed by atoms with Crippen LogP contribution in [-0.2, 0) is 11.2 Å². The van der Waals surface area contributed by atoms with Gasteiger partial charge in [-0.2, -0.15) is 0 Å². The van der Waals surface area contributed by atoms with Crippen LogP contribution < -0.4 is 10.1 Å². The minimum absolute atomic E-state index is 0.0607. The Morgan fingerprint density at radius 2 is 1.68 bits per heavy atom. The molecule has 0 bridgehead atoms. The maximum atomic E-state index is 12.5. The number of nitrogens with one attached hydrogen (secondary N) is 1. The van der Waals surface area contributed by atoms with Crippen LogP contribution in [0.4, 0.5) is 0 Å². The maximum Gasteiger partial charge on any atom is 0.261 e. The van der Waals surface area contributed by atoms with Crippen LogP contribution in [0.15, 0.2) is 66.7 Å². The molecular formula is C25H29NO2. The molecule has 3 nitrogen and oxygen atoms in total. The van der Waals surface area contributed by atoms with Crippen molar-refractivity contribution in [3.05, 3.63) is 77.9 Å². The van der Waals surface area contributed by atoms with Crippen LogP contribution in [0.25, 0.3) is 10.8 Å². The lowest BCUT2D eigenvalue weighted by Gasteiger charge is -2.18. The predicted molar refractivity (Wildman–Crippen MR) is 116 cm³/mol. The molecule has 0 aliphatic heterocycles. The molecular weight excluding hydrogens is 346 g/mol. The molecule has 3 rings (SSSR count). The Hall–Kier alpha value is -2.81. The molecule has 3 aromatic carbocycles. The summed E-state index contributed by atoms with van der Waals surface area (Å²) in [5.74, 6) is 1.20. The largest absolute Gasteiger partial charge is 0.481 e. The molecule has 0 radical (unpaired) electrons. The van der Waals surface area contributed by atoms with E-state index in [1.807, 2.05) is 43.3 Å². The van der Waals surface area contributed by atoms with Crippen molar-refractivity contribution in [3.63, 3.8) is 0 Å². The zero-order valence-corrected chi connectivity index (χ0v) is 16.9. The highest BCUT2D eigenvalue weighted by Crippen LogP contribution is 2.22. The molecule has 1 atom stereocenters. The summed E-state index contributed by atoms with van der Waals surface area (Å²) in [6.45, 7) is 6.96. The highest BCUT2D eigenvalue weighted by Gasteiger charge is 2.18. The summed E-state index contributed by atoms with van der Waals surface area (Å²) in [6, 6.07) is 22.7. The molecule has 1 N–H and O–H groups in total. The van der Waals surface area contributed by atoms with Crippen molar-refractivity contribution < 1.29 is 9.53 Å². The summed E-state index contributed by atoms with van der Waals surface area (Å²) in [5, 5.41) is 5.29. The first-order chi connectivity index (χ1) is 13.6. The fourth-order valence-corrected chi connectivity index (χ4v) is 3.24. The minimum atomic E-state index is -0.482. The van der Waals surface area contributed by atoms with E-state index in [4.69, 9.17) is 4.74 Å². The van der Waals surface area contributed by atoms with E-state index in [0.717, 1.165) is 22.9 Å². The van der Waals surface area contributed by atoms with E-state index in [0.29, 0.717) is 18.9 Å². The van der Waals surface area contributed by atoms with Gasteiger partial charge in [0, 0.05) is 6.54 Å². The van der Waals surface area contributed by atoms with Gasteiger partial charge in [-0.05, 0) is 52.8 Å². The Bertz CT molecular complexity index is 915. The zero-order chi connectivity index (χ0) is 19.9. The topological polar surface area (TPSA) is 38.3 Å². The third kappa shape index (κ3) is 5.13. The number of carbonyl (C=O) groups is 1. The van der Waals surface area contributed by atoms with Crippen LogP contribution >= 0.6 is 0 Å². The number of benzene rings is 3. The first-order valence-corrected chi connectivity index (χ1v) is 10.1. The first-order valence-electron chi connectivity index (χ1n) is 10.1. The highest BCUT2D eigenvalue weighted by molar-refractivity contribution is 5.84. The Kier molecular flexibility index (Phi) is 6.70. The monoisotopic (exact) mass is 375 g/mol. The average Bonchev–Trinajstić information content (AvgIpc) is 2.72. The van der Waals surface area contributed by atoms with Gasteiger partial charge in [0.25, 0.3) is 5.91 Å². The van der Waals surface area contributed by atoms with Crippen molar-refractivity contribution in [1.29, 1.82) is 0 Å². The van der Waals surface area contributed by atoms with Crippen LogP contribution in [0.2, 0.25) is 0 Å². The molecule has 0 aliphatic carbocycles. The van der Waals surface area contributed by atoms with Gasteiger partial charge in [0.1, 0.15) is 5.75 Å². The van der Waals surface area contributed by atoms with Gasteiger partial charge in [0.05, 0.1) is 0 Å². The normalized spacial score (nSPS) is 12.1. The second-order valence-electron chi connectivity index (χ2n) is 7.46. The van der Waals surface area contributed by atoms with Crippen molar-refractivity contribution in [1.82, 2.24) is 5.32 Å². The van der Waals surface area contributed by atoms with Crippen LogP contribution in [-0.4, -0.2) is 18.6 Å². The summed E-state index contributed by atoms with van der Waals surface area (Å²) in [5.41, 5.74) is 2.57. The second kappa shape index (κ2) is 9.41. The van der Waals surface area contributed by atoms with E-state index in [9.17, 15) is 4.79 Å². The van der Waals surface area contributed by atoms with Gasteiger partial charge < -0.3 is 10.1 Å². The van der Waals surface area contributed by atoms with Crippen LogP contribution in [0.1, 0.15) is 44.2 Å². The number of hydrogen-bond donors (Lipinski definition) is 1. The quantitative estimate of drug-likeness (QED) is 0.566. The van der Waals surface area contributed by atoms with Gasteiger partial charge >= 0.3 is 0 Å². The van der Waals surface area contributed by atoms with Crippen LogP contribution in [0.5, 0.6) is 5.75 Å². The number of rotatable bonds is 8. The number of hydrogen-bond acceptors (Lipinski definition) is 2. The summed E-state index contributed by atoms with van der Waals surface area (Å²) in [4.78, 5) is 12.5. The smallest absolute Gasteiger partial charge is 0.261 e. The molecule has 0 saturated carbocycles. The van der Waals surface area contributed by atoms with Crippen molar-refractivity contribution in [3.8, 4) is 5.75 Å². The Morgan fingerprint density at radius 1 is 0.964 bits per heavy atom. The van der Waals surface area contributed by atoms with E-state index < -0.39 is 6.10 Å².